The molecule has 1 aromatic heterocycles. The minimum atomic E-state index is 0.355. The molecular formula is C11H17N3. The number of nitrogens with one attached hydrogen (secondary N) is 1. The molecule has 0 amide bonds. The van der Waals surface area contributed by atoms with E-state index in [0.29, 0.717) is 6.04 Å². The van der Waals surface area contributed by atoms with Crippen LogP contribution in [-0.2, 0) is 0 Å². The third-order valence-corrected chi connectivity index (χ3v) is 2.61. The molecule has 1 fully saturated rings. The monoisotopic (exact) mass is 191 g/mol. The quantitative estimate of drug-likeness (QED) is 0.772. The molecule has 1 heterocycles. The van der Waals surface area contributed by atoms with Crippen LogP contribution >= 0.6 is 0 Å². The van der Waals surface area contributed by atoms with Gasteiger partial charge >= 0.3 is 0 Å². The first-order chi connectivity index (χ1) is 6.90. The van der Waals surface area contributed by atoms with Gasteiger partial charge in [-0.2, -0.15) is 0 Å². The van der Waals surface area contributed by atoms with Crippen LogP contribution in [0.15, 0.2) is 18.5 Å². The van der Waals surface area contributed by atoms with Gasteiger partial charge in [-0.25, -0.2) is 9.97 Å². The second-order valence-corrected chi connectivity index (χ2v) is 3.90. The molecular weight excluding hydrogens is 174 g/mol. The Morgan fingerprint density at radius 1 is 1.43 bits per heavy atom. The van der Waals surface area contributed by atoms with Gasteiger partial charge in [-0.3, -0.25) is 0 Å². The minimum Gasteiger partial charge on any atom is -0.308 e. The van der Waals surface area contributed by atoms with Gasteiger partial charge in [0.05, 0.1) is 6.04 Å². The summed E-state index contributed by atoms with van der Waals surface area (Å²) in [5, 5.41) is 3.45. The van der Waals surface area contributed by atoms with Crippen LogP contribution in [-0.4, -0.2) is 16.5 Å². The van der Waals surface area contributed by atoms with E-state index in [-0.39, 0.29) is 0 Å². The maximum absolute atomic E-state index is 4.30. The summed E-state index contributed by atoms with van der Waals surface area (Å²) < 4.78 is 0. The highest BCUT2D eigenvalue weighted by atomic mass is 15.0. The molecule has 1 saturated carbocycles. The van der Waals surface area contributed by atoms with Gasteiger partial charge in [0.25, 0.3) is 0 Å². The molecule has 0 spiro atoms. The third kappa shape index (κ3) is 2.51. The predicted octanol–water partition coefficient (Wildman–Crippen LogP) is 1.93. The summed E-state index contributed by atoms with van der Waals surface area (Å²) in [6.07, 6.45) is 7.60. The highest BCUT2D eigenvalue weighted by Crippen LogP contribution is 2.36. The average Bonchev–Trinajstić information content (AvgIpc) is 3.03. The second kappa shape index (κ2) is 4.51. The maximum atomic E-state index is 4.30. The van der Waals surface area contributed by atoms with Crippen molar-refractivity contribution in [1.29, 1.82) is 0 Å². The lowest BCUT2D eigenvalue weighted by atomic mass is 10.1. The van der Waals surface area contributed by atoms with Crippen LogP contribution in [0.3, 0.4) is 0 Å². The van der Waals surface area contributed by atoms with Gasteiger partial charge < -0.3 is 5.32 Å². The van der Waals surface area contributed by atoms with E-state index in [0.717, 1.165) is 18.3 Å². The molecule has 1 unspecified atom stereocenters. The molecule has 3 heteroatoms. The first-order valence-electron chi connectivity index (χ1n) is 5.40. The highest BCUT2D eigenvalue weighted by Gasteiger charge is 2.26. The van der Waals surface area contributed by atoms with E-state index in [9.17, 15) is 0 Å². The second-order valence-electron chi connectivity index (χ2n) is 3.90. The van der Waals surface area contributed by atoms with Crippen LogP contribution in [0, 0.1) is 5.92 Å². The zero-order chi connectivity index (χ0) is 9.80. The molecule has 1 aliphatic rings. The predicted molar refractivity (Wildman–Crippen MR) is 55.8 cm³/mol. The molecule has 0 aromatic carbocycles. The smallest absolute Gasteiger partial charge is 0.145 e. The number of rotatable bonds is 5. The van der Waals surface area contributed by atoms with Crippen molar-refractivity contribution in [2.24, 2.45) is 5.92 Å². The van der Waals surface area contributed by atoms with E-state index in [1.54, 1.807) is 0 Å². The lowest BCUT2D eigenvalue weighted by Crippen LogP contribution is -2.23. The van der Waals surface area contributed by atoms with E-state index in [4.69, 9.17) is 0 Å². The Morgan fingerprint density at radius 3 is 2.71 bits per heavy atom. The normalized spacial score (nSPS) is 18.1. The fraction of sp³-hybridized carbons (Fsp3) is 0.636. The maximum Gasteiger partial charge on any atom is 0.145 e. The van der Waals surface area contributed by atoms with Crippen molar-refractivity contribution >= 4 is 0 Å². The van der Waals surface area contributed by atoms with Gasteiger partial charge in [-0.1, -0.05) is 19.8 Å². The van der Waals surface area contributed by atoms with Crippen LogP contribution in [0.1, 0.15) is 38.1 Å². The van der Waals surface area contributed by atoms with Gasteiger partial charge in [0.2, 0.25) is 0 Å². The lowest BCUT2D eigenvalue weighted by molar-refractivity contribution is 0.465. The van der Waals surface area contributed by atoms with Gasteiger partial charge in [0.1, 0.15) is 5.82 Å². The Labute approximate surface area is 85.0 Å². The van der Waals surface area contributed by atoms with E-state index in [1.807, 2.05) is 18.5 Å². The fourth-order valence-corrected chi connectivity index (χ4v) is 1.70. The molecule has 1 aromatic rings. The van der Waals surface area contributed by atoms with E-state index < -0.39 is 0 Å². The molecule has 0 radical (unpaired) electrons. The number of hydrogen-bond donors (Lipinski definition) is 1. The van der Waals surface area contributed by atoms with Crippen LogP contribution in [0.25, 0.3) is 0 Å². The molecule has 0 aliphatic heterocycles. The summed E-state index contributed by atoms with van der Waals surface area (Å²) >= 11 is 0. The molecule has 1 atom stereocenters. The first kappa shape index (κ1) is 9.59. The molecule has 14 heavy (non-hydrogen) atoms. The highest BCUT2D eigenvalue weighted by molar-refractivity contribution is 4.97. The summed E-state index contributed by atoms with van der Waals surface area (Å²) in [5.74, 6) is 1.85. The van der Waals surface area contributed by atoms with Crippen molar-refractivity contribution in [3.63, 3.8) is 0 Å². The van der Waals surface area contributed by atoms with Crippen molar-refractivity contribution in [2.45, 2.75) is 32.2 Å². The molecule has 1 N–H and O–H groups in total. The van der Waals surface area contributed by atoms with Crippen LogP contribution < -0.4 is 5.32 Å². The zero-order valence-electron chi connectivity index (χ0n) is 8.61. The SMILES string of the molecule is CCNC(CC1CC1)c1ncccn1. The van der Waals surface area contributed by atoms with Gasteiger partial charge in [-0.05, 0) is 24.9 Å². The standard InChI is InChI=1S/C11H17N3/c1-2-12-10(8-9-4-5-9)11-13-6-3-7-14-11/h3,6-7,9-10,12H,2,4-5,8H2,1H3. The van der Waals surface area contributed by atoms with E-state index in [1.165, 1.54) is 19.3 Å². The Kier molecular flexibility index (Phi) is 3.09. The van der Waals surface area contributed by atoms with E-state index >= 15 is 0 Å². The largest absolute Gasteiger partial charge is 0.308 e. The Bertz CT molecular complexity index is 269. The summed E-state index contributed by atoms with van der Waals surface area (Å²) in [4.78, 5) is 8.61. The number of hydrogen-bond acceptors (Lipinski definition) is 3. The number of nitrogens with zero attached hydrogens (tertiary/aromatic N) is 2. The molecule has 0 saturated heterocycles. The van der Waals surface area contributed by atoms with Gasteiger partial charge in [0.15, 0.2) is 0 Å². The van der Waals surface area contributed by atoms with Crippen molar-refractivity contribution in [2.75, 3.05) is 6.54 Å². The van der Waals surface area contributed by atoms with Crippen molar-refractivity contribution in [3.8, 4) is 0 Å². The Balaban J connectivity index is 2.01. The first-order valence-corrected chi connectivity index (χ1v) is 5.40. The lowest BCUT2D eigenvalue weighted by Gasteiger charge is -2.15. The summed E-state index contributed by atoms with van der Waals surface area (Å²) in [5.41, 5.74) is 0. The van der Waals surface area contributed by atoms with Gasteiger partial charge in [0, 0.05) is 12.4 Å². The molecule has 76 valence electrons. The minimum absolute atomic E-state index is 0.355. The molecule has 3 nitrogen and oxygen atoms in total. The summed E-state index contributed by atoms with van der Waals surface area (Å²) in [7, 11) is 0. The van der Waals surface area contributed by atoms with Crippen LogP contribution in [0.5, 0.6) is 0 Å². The van der Waals surface area contributed by atoms with Crippen LogP contribution in [0.4, 0.5) is 0 Å². The van der Waals surface area contributed by atoms with Crippen LogP contribution in [0.2, 0.25) is 0 Å². The Morgan fingerprint density at radius 2 is 2.14 bits per heavy atom. The fourth-order valence-electron chi connectivity index (χ4n) is 1.70. The summed E-state index contributed by atoms with van der Waals surface area (Å²) in [6.45, 7) is 3.11. The molecule has 0 bridgehead atoms. The average molecular weight is 191 g/mol. The molecule has 2 rings (SSSR count). The summed E-state index contributed by atoms with van der Waals surface area (Å²) in [6, 6.07) is 2.22. The third-order valence-electron chi connectivity index (χ3n) is 2.61. The van der Waals surface area contributed by atoms with Crippen molar-refractivity contribution in [3.05, 3.63) is 24.3 Å². The van der Waals surface area contributed by atoms with Gasteiger partial charge in [-0.15, -0.1) is 0 Å². The number of aromatic nitrogens is 2. The van der Waals surface area contributed by atoms with E-state index in [2.05, 4.69) is 22.2 Å². The van der Waals surface area contributed by atoms with Crippen molar-refractivity contribution in [1.82, 2.24) is 15.3 Å². The molecule has 1 aliphatic carbocycles. The Hall–Kier alpha value is -0.960. The van der Waals surface area contributed by atoms with Crippen molar-refractivity contribution < 1.29 is 0 Å². The topological polar surface area (TPSA) is 37.8 Å². The zero-order valence-corrected chi connectivity index (χ0v) is 8.61.